The number of aliphatic hydroxyl groups excluding tert-OH is 1. The molecule has 0 spiro atoms. The van der Waals surface area contributed by atoms with Crippen LogP contribution in [0.4, 0.5) is 5.82 Å². The van der Waals surface area contributed by atoms with Crippen LogP contribution in [0.2, 0.25) is 0 Å². The summed E-state index contributed by atoms with van der Waals surface area (Å²) in [6.07, 6.45) is 11.8. The van der Waals surface area contributed by atoms with E-state index in [1.807, 2.05) is 6.33 Å². The topological polar surface area (TPSA) is 70.3 Å². The van der Waals surface area contributed by atoms with Crippen molar-refractivity contribution >= 4 is 17.0 Å². The Hall–Kier alpha value is -1.73. The molecule has 1 N–H and O–H groups in total. The van der Waals surface area contributed by atoms with Crippen LogP contribution in [0, 0.1) is 11.8 Å². The average molecular weight is 387 g/mol. The Morgan fingerprint density at radius 3 is 2.79 bits per heavy atom. The molecule has 7 heteroatoms. The molecule has 4 rings (SSSR count). The number of nitrogens with zero attached hydrogens (tertiary/aromatic N) is 6. The Labute approximate surface area is 167 Å². The zero-order valence-electron chi connectivity index (χ0n) is 17.3. The number of imidazole rings is 1. The molecular weight excluding hydrogens is 352 g/mol. The van der Waals surface area contributed by atoms with E-state index in [1.54, 1.807) is 6.33 Å². The standard InChI is InChI=1S/C21H34N6O/c1-25(2)10-7-16-8-11-26(13-16)20-19-21(23-14-22-20)27(15-24-19)18-6-4-3-5-17(18)9-12-28/h14-18,28H,3-13H2,1-2H3/t16?,17-,18-/m1/s1. The van der Waals surface area contributed by atoms with Crippen molar-refractivity contribution in [3.8, 4) is 0 Å². The lowest BCUT2D eigenvalue weighted by Gasteiger charge is -2.32. The Bertz CT molecular complexity index is 773. The first kappa shape index (κ1) is 19.6. The van der Waals surface area contributed by atoms with E-state index in [0.29, 0.717) is 12.0 Å². The van der Waals surface area contributed by atoms with Gasteiger partial charge in [0.15, 0.2) is 17.0 Å². The molecule has 3 atom stereocenters. The van der Waals surface area contributed by atoms with Gasteiger partial charge >= 0.3 is 0 Å². The van der Waals surface area contributed by atoms with Crippen molar-refractivity contribution in [2.45, 2.75) is 51.0 Å². The van der Waals surface area contributed by atoms with Crippen LogP contribution in [0.15, 0.2) is 12.7 Å². The monoisotopic (exact) mass is 386 g/mol. The number of aromatic nitrogens is 4. The number of rotatable bonds is 7. The Morgan fingerprint density at radius 1 is 1.11 bits per heavy atom. The molecule has 0 amide bonds. The molecule has 2 aromatic rings. The SMILES string of the molecule is CN(C)CCC1CCN(c2ncnc3c2ncn3[C@@H]2CCCC[C@@H]2CCO)C1. The number of hydrogen-bond acceptors (Lipinski definition) is 6. The predicted octanol–water partition coefficient (Wildman–Crippen LogP) is 2.72. The highest BCUT2D eigenvalue weighted by molar-refractivity contribution is 5.83. The molecule has 0 aromatic carbocycles. The van der Waals surface area contributed by atoms with Crippen molar-refractivity contribution < 1.29 is 5.11 Å². The van der Waals surface area contributed by atoms with Gasteiger partial charge in [0.1, 0.15) is 6.33 Å². The van der Waals surface area contributed by atoms with Crippen molar-refractivity contribution in [2.75, 3.05) is 45.2 Å². The van der Waals surface area contributed by atoms with Crippen LogP contribution >= 0.6 is 0 Å². The molecule has 7 nitrogen and oxygen atoms in total. The molecule has 1 saturated carbocycles. The van der Waals surface area contributed by atoms with Gasteiger partial charge in [-0.05, 0) is 64.6 Å². The summed E-state index contributed by atoms with van der Waals surface area (Å²) < 4.78 is 2.26. The lowest BCUT2D eigenvalue weighted by atomic mass is 9.82. The minimum Gasteiger partial charge on any atom is -0.396 e. The maximum absolute atomic E-state index is 9.48. The number of hydrogen-bond donors (Lipinski definition) is 1. The molecule has 1 unspecified atom stereocenters. The summed E-state index contributed by atoms with van der Waals surface area (Å²) in [6, 6.07) is 0.389. The van der Waals surface area contributed by atoms with E-state index in [1.165, 1.54) is 32.1 Å². The molecular formula is C21H34N6O. The van der Waals surface area contributed by atoms with E-state index in [4.69, 9.17) is 4.98 Å². The maximum atomic E-state index is 9.48. The van der Waals surface area contributed by atoms with Gasteiger partial charge in [-0.25, -0.2) is 15.0 Å². The molecule has 1 aliphatic heterocycles. The van der Waals surface area contributed by atoms with Crippen molar-refractivity contribution in [2.24, 2.45) is 11.8 Å². The van der Waals surface area contributed by atoms with Gasteiger partial charge in [-0.1, -0.05) is 12.8 Å². The van der Waals surface area contributed by atoms with Crippen LogP contribution in [-0.2, 0) is 0 Å². The van der Waals surface area contributed by atoms with Crippen LogP contribution in [-0.4, -0.2) is 69.9 Å². The van der Waals surface area contributed by atoms with E-state index in [2.05, 4.69) is 38.4 Å². The molecule has 0 bridgehead atoms. The van der Waals surface area contributed by atoms with Gasteiger partial charge in [0, 0.05) is 25.7 Å². The Kier molecular flexibility index (Phi) is 6.11. The minimum atomic E-state index is 0.260. The van der Waals surface area contributed by atoms with Crippen LogP contribution in [0.5, 0.6) is 0 Å². The van der Waals surface area contributed by atoms with Crippen LogP contribution < -0.4 is 4.90 Å². The highest BCUT2D eigenvalue weighted by Gasteiger charge is 2.30. The summed E-state index contributed by atoms with van der Waals surface area (Å²) >= 11 is 0. The fourth-order valence-electron chi connectivity index (χ4n) is 5.07. The van der Waals surface area contributed by atoms with Crippen molar-refractivity contribution in [3.63, 3.8) is 0 Å². The van der Waals surface area contributed by atoms with Gasteiger partial charge in [-0.3, -0.25) is 0 Å². The van der Waals surface area contributed by atoms with E-state index >= 15 is 0 Å². The largest absolute Gasteiger partial charge is 0.396 e. The van der Waals surface area contributed by atoms with Gasteiger partial charge < -0.3 is 19.5 Å². The first-order valence-electron chi connectivity index (χ1n) is 10.9. The number of aliphatic hydroxyl groups is 1. The smallest absolute Gasteiger partial charge is 0.165 e. The predicted molar refractivity (Wildman–Crippen MR) is 112 cm³/mol. The van der Waals surface area contributed by atoms with E-state index < -0.39 is 0 Å². The summed E-state index contributed by atoms with van der Waals surface area (Å²) in [4.78, 5) is 18.7. The highest BCUT2D eigenvalue weighted by Crippen LogP contribution is 2.38. The van der Waals surface area contributed by atoms with E-state index in [9.17, 15) is 5.11 Å². The molecule has 1 saturated heterocycles. The fourth-order valence-corrected chi connectivity index (χ4v) is 5.07. The molecule has 28 heavy (non-hydrogen) atoms. The number of fused-ring (bicyclic) bond motifs is 1. The molecule has 154 valence electrons. The molecule has 2 aliphatic rings. The first-order valence-corrected chi connectivity index (χ1v) is 10.9. The van der Waals surface area contributed by atoms with Gasteiger partial charge in [0.25, 0.3) is 0 Å². The third kappa shape index (κ3) is 4.01. The quantitative estimate of drug-likeness (QED) is 0.789. The van der Waals surface area contributed by atoms with Gasteiger partial charge in [0.05, 0.1) is 6.33 Å². The Balaban J connectivity index is 1.56. The van der Waals surface area contributed by atoms with E-state index in [0.717, 1.165) is 55.4 Å². The summed E-state index contributed by atoms with van der Waals surface area (Å²) in [6.45, 7) is 3.51. The van der Waals surface area contributed by atoms with Gasteiger partial charge in [0.2, 0.25) is 0 Å². The zero-order valence-corrected chi connectivity index (χ0v) is 17.3. The zero-order chi connectivity index (χ0) is 19.5. The maximum Gasteiger partial charge on any atom is 0.165 e. The second-order valence-electron chi connectivity index (χ2n) is 8.84. The van der Waals surface area contributed by atoms with Gasteiger partial charge in [-0.2, -0.15) is 0 Å². The van der Waals surface area contributed by atoms with E-state index in [-0.39, 0.29) is 6.61 Å². The summed E-state index contributed by atoms with van der Waals surface area (Å²) in [5, 5.41) is 9.48. The van der Waals surface area contributed by atoms with Crippen LogP contribution in [0.25, 0.3) is 11.2 Å². The fraction of sp³-hybridized carbons (Fsp3) is 0.762. The normalized spacial score (nSPS) is 25.9. The van der Waals surface area contributed by atoms with Crippen molar-refractivity contribution in [1.82, 2.24) is 24.4 Å². The summed E-state index contributed by atoms with van der Waals surface area (Å²) in [5.74, 6) is 2.23. The highest BCUT2D eigenvalue weighted by atomic mass is 16.3. The molecule has 3 heterocycles. The molecule has 2 fully saturated rings. The number of anilines is 1. The third-order valence-electron chi connectivity index (χ3n) is 6.64. The second-order valence-corrected chi connectivity index (χ2v) is 8.84. The average Bonchev–Trinajstić information content (AvgIpc) is 3.34. The van der Waals surface area contributed by atoms with Crippen molar-refractivity contribution in [1.29, 1.82) is 0 Å². The van der Waals surface area contributed by atoms with Crippen molar-refractivity contribution in [3.05, 3.63) is 12.7 Å². The Morgan fingerprint density at radius 2 is 1.96 bits per heavy atom. The minimum absolute atomic E-state index is 0.260. The molecule has 0 radical (unpaired) electrons. The van der Waals surface area contributed by atoms with Gasteiger partial charge in [-0.15, -0.1) is 0 Å². The summed E-state index contributed by atoms with van der Waals surface area (Å²) in [7, 11) is 4.28. The molecule has 2 aromatic heterocycles. The molecule has 1 aliphatic carbocycles. The van der Waals surface area contributed by atoms with Crippen LogP contribution in [0.1, 0.15) is 51.0 Å². The second kappa shape index (κ2) is 8.74. The van der Waals surface area contributed by atoms with Crippen LogP contribution in [0.3, 0.4) is 0 Å². The first-order chi connectivity index (χ1) is 13.7. The third-order valence-corrected chi connectivity index (χ3v) is 6.64. The summed E-state index contributed by atoms with van der Waals surface area (Å²) in [5.41, 5.74) is 1.89. The lowest BCUT2D eigenvalue weighted by Crippen LogP contribution is -2.24. The lowest BCUT2D eigenvalue weighted by molar-refractivity contribution is 0.180.